The van der Waals surface area contributed by atoms with E-state index in [0.29, 0.717) is 11.0 Å². The molecule has 7 heteroatoms. The van der Waals surface area contributed by atoms with Crippen LogP contribution in [0.25, 0.3) is 0 Å². The Morgan fingerprint density at radius 2 is 2.19 bits per heavy atom. The average molecular weight is 306 g/mol. The van der Waals surface area contributed by atoms with Crippen molar-refractivity contribution >= 4 is 22.6 Å². The quantitative estimate of drug-likeness (QED) is 0.822. The van der Waals surface area contributed by atoms with E-state index in [1.165, 1.54) is 35.3 Å². The van der Waals surface area contributed by atoms with Gasteiger partial charge < -0.3 is 20.3 Å². The van der Waals surface area contributed by atoms with E-state index in [4.69, 9.17) is 4.74 Å². The first-order valence-corrected chi connectivity index (χ1v) is 8.16. The van der Waals surface area contributed by atoms with Gasteiger partial charge in [0.05, 0.1) is 6.20 Å². The SMILES string of the molecule is O=C(NCC1CC1)Oc1cnc(N2CC3=C(CNC3)C2)s1. The number of rotatable bonds is 4. The largest absolute Gasteiger partial charge is 0.413 e. The summed E-state index contributed by atoms with van der Waals surface area (Å²) < 4.78 is 5.28. The Balaban J connectivity index is 1.32. The van der Waals surface area contributed by atoms with Crippen molar-refractivity contribution < 1.29 is 9.53 Å². The van der Waals surface area contributed by atoms with Gasteiger partial charge in [0.15, 0.2) is 5.13 Å². The highest BCUT2D eigenvalue weighted by atomic mass is 32.1. The molecule has 0 radical (unpaired) electrons. The normalized spacial score (nSPS) is 20.9. The van der Waals surface area contributed by atoms with E-state index in [0.717, 1.165) is 37.9 Å². The van der Waals surface area contributed by atoms with Crippen LogP contribution in [0.2, 0.25) is 0 Å². The summed E-state index contributed by atoms with van der Waals surface area (Å²) in [5, 5.41) is 7.64. The molecule has 0 atom stereocenters. The second-order valence-electron chi connectivity index (χ2n) is 5.84. The molecule has 3 aliphatic rings. The van der Waals surface area contributed by atoms with Crippen LogP contribution in [0.4, 0.5) is 9.93 Å². The van der Waals surface area contributed by atoms with Gasteiger partial charge in [-0.15, -0.1) is 0 Å². The predicted molar refractivity (Wildman–Crippen MR) is 81.0 cm³/mol. The van der Waals surface area contributed by atoms with Crippen LogP contribution >= 0.6 is 11.3 Å². The molecular weight excluding hydrogens is 288 g/mol. The van der Waals surface area contributed by atoms with Crippen molar-refractivity contribution in [3.63, 3.8) is 0 Å². The van der Waals surface area contributed by atoms with Crippen molar-refractivity contribution in [2.45, 2.75) is 12.8 Å². The molecule has 0 unspecified atom stereocenters. The Bertz CT molecular complexity index is 578. The van der Waals surface area contributed by atoms with E-state index in [2.05, 4.69) is 20.5 Å². The van der Waals surface area contributed by atoms with Gasteiger partial charge in [-0.05, 0) is 29.9 Å². The van der Waals surface area contributed by atoms with Crippen molar-refractivity contribution in [2.24, 2.45) is 5.92 Å². The van der Waals surface area contributed by atoms with E-state index >= 15 is 0 Å². The maximum Gasteiger partial charge on any atom is 0.413 e. The summed E-state index contributed by atoms with van der Waals surface area (Å²) in [5.41, 5.74) is 2.96. The number of hydrogen-bond acceptors (Lipinski definition) is 6. The first kappa shape index (κ1) is 13.1. The third-order valence-corrected chi connectivity index (χ3v) is 5.04. The lowest BCUT2D eigenvalue weighted by Crippen LogP contribution is -2.28. The molecule has 112 valence electrons. The van der Waals surface area contributed by atoms with Crippen LogP contribution in [0.15, 0.2) is 17.3 Å². The zero-order chi connectivity index (χ0) is 14.2. The third kappa shape index (κ3) is 2.89. The summed E-state index contributed by atoms with van der Waals surface area (Å²) in [5.74, 6) is 0.654. The van der Waals surface area contributed by atoms with Crippen LogP contribution in [0.1, 0.15) is 12.8 Å². The zero-order valence-electron chi connectivity index (χ0n) is 11.7. The van der Waals surface area contributed by atoms with Crippen molar-refractivity contribution in [3.05, 3.63) is 17.3 Å². The standard InChI is InChI=1S/C14H18N4O2S/c19-14(17-3-9-1-2-9)20-12-6-16-13(21-12)18-7-10-4-15-5-11(10)8-18/h6,9,15H,1-5,7-8H2,(H,17,19). The molecule has 0 spiro atoms. The van der Waals surface area contributed by atoms with Crippen LogP contribution in [0, 0.1) is 5.92 Å². The predicted octanol–water partition coefficient (Wildman–Crippen LogP) is 1.36. The second kappa shape index (κ2) is 5.31. The molecule has 0 bridgehead atoms. The molecule has 3 heterocycles. The van der Waals surface area contributed by atoms with Gasteiger partial charge in [-0.1, -0.05) is 11.3 Å². The molecule has 0 aromatic carbocycles. The number of carbonyl (C=O) groups excluding carboxylic acids is 1. The Morgan fingerprint density at radius 3 is 2.90 bits per heavy atom. The molecule has 1 fully saturated rings. The fourth-order valence-electron chi connectivity index (χ4n) is 2.72. The lowest BCUT2D eigenvalue weighted by molar-refractivity contribution is 0.201. The van der Waals surface area contributed by atoms with Gasteiger partial charge in [-0.25, -0.2) is 9.78 Å². The smallest absolute Gasteiger partial charge is 0.397 e. The van der Waals surface area contributed by atoms with Crippen LogP contribution < -0.4 is 20.3 Å². The third-order valence-electron chi connectivity index (χ3n) is 4.11. The summed E-state index contributed by atoms with van der Waals surface area (Å²) in [6, 6.07) is 0. The minimum Gasteiger partial charge on any atom is -0.397 e. The molecule has 21 heavy (non-hydrogen) atoms. The first-order valence-electron chi connectivity index (χ1n) is 7.35. The summed E-state index contributed by atoms with van der Waals surface area (Å²) in [6.45, 7) is 4.57. The molecule has 2 N–H and O–H groups in total. The molecule has 1 aliphatic carbocycles. The molecule has 0 saturated heterocycles. The molecule has 1 saturated carbocycles. The average Bonchev–Trinajstić information content (AvgIpc) is 2.85. The highest BCUT2D eigenvalue weighted by Crippen LogP contribution is 2.33. The molecule has 1 aromatic rings. The van der Waals surface area contributed by atoms with Crippen LogP contribution in [0.3, 0.4) is 0 Å². The topological polar surface area (TPSA) is 66.5 Å². The van der Waals surface area contributed by atoms with Gasteiger partial charge in [-0.3, -0.25) is 0 Å². The van der Waals surface area contributed by atoms with Crippen LogP contribution in [-0.4, -0.2) is 43.8 Å². The molecule has 1 amide bonds. The van der Waals surface area contributed by atoms with E-state index in [9.17, 15) is 4.79 Å². The number of amides is 1. The minimum absolute atomic E-state index is 0.372. The van der Waals surface area contributed by atoms with Gasteiger partial charge in [-0.2, -0.15) is 0 Å². The summed E-state index contributed by atoms with van der Waals surface area (Å²) in [7, 11) is 0. The van der Waals surface area contributed by atoms with Crippen molar-refractivity contribution in [1.29, 1.82) is 0 Å². The number of hydrogen-bond donors (Lipinski definition) is 2. The van der Waals surface area contributed by atoms with Gasteiger partial charge in [0.2, 0.25) is 5.06 Å². The number of anilines is 1. The van der Waals surface area contributed by atoms with Gasteiger partial charge in [0.25, 0.3) is 0 Å². The maximum absolute atomic E-state index is 11.7. The van der Waals surface area contributed by atoms with E-state index in [1.807, 2.05) is 0 Å². The number of thiazole rings is 1. The van der Waals surface area contributed by atoms with Crippen LogP contribution in [0.5, 0.6) is 5.06 Å². The number of nitrogens with one attached hydrogen (secondary N) is 2. The molecule has 4 rings (SSSR count). The fourth-order valence-corrected chi connectivity index (χ4v) is 3.49. The number of carbonyl (C=O) groups is 1. The Hall–Kier alpha value is -1.60. The monoisotopic (exact) mass is 306 g/mol. The van der Waals surface area contributed by atoms with Crippen molar-refractivity contribution in [2.75, 3.05) is 37.6 Å². The lowest BCUT2D eigenvalue weighted by Gasteiger charge is -2.16. The number of nitrogens with zero attached hydrogens (tertiary/aromatic N) is 2. The zero-order valence-corrected chi connectivity index (χ0v) is 12.5. The number of aromatic nitrogens is 1. The summed E-state index contributed by atoms with van der Waals surface area (Å²) in [4.78, 5) is 18.3. The first-order chi connectivity index (χ1) is 10.3. The highest BCUT2D eigenvalue weighted by Gasteiger charge is 2.27. The van der Waals surface area contributed by atoms with Gasteiger partial charge >= 0.3 is 6.09 Å². The second-order valence-corrected chi connectivity index (χ2v) is 6.81. The van der Waals surface area contributed by atoms with E-state index in [1.54, 1.807) is 6.20 Å². The summed E-state index contributed by atoms with van der Waals surface area (Å²) >= 11 is 1.43. The maximum atomic E-state index is 11.7. The van der Waals surface area contributed by atoms with E-state index in [-0.39, 0.29) is 6.09 Å². The Kier molecular flexibility index (Phi) is 3.31. The fraction of sp³-hybridized carbons (Fsp3) is 0.571. The number of ether oxygens (including phenoxy) is 1. The van der Waals surface area contributed by atoms with Crippen LogP contribution in [-0.2, 0) is 0 Å². The lowest BCUT2D eigenvalue weighted by atomic mass is 10.2. The van der Waals surface area contributed by atoms with Gasteiger partial charge in [0, 0.05) is 32.7 Å². The highest BCUT2D eigenvalue weighted by molar-refractivity contribution is 7.17. The molecule has 2 aliphatic heterocycles. The Morgan fingerprint density at radius 1 is 1.43 bits per heavy atom. The van der Waals surface area contributed by atoms with Crippen molar-refractivity contribution in [1.82, 2.24) is 15.6 Å². The van der Waals surface area contributed by atoms with Crippen molar-refractivity contribution in [3.8, 4) is 5.06 Å². The summed E-state index contributed by atoms with van der Waals surface area (Å²) in [6.07, 6.45) is 3.69. The van der Waals surface area contributed by atoms with Gasteiger partial charge in [0.1, 0.15) is 0 Å². The van der Waals surface area contributed by atoms with E-state index < -0.39 is 0 Å². The molecular formula is C14H18N4O2S. The molecule has 6 nitrogen and oxygen atoms in total. The Labute approximate surface area is 127 Å². The molecule has 1 aromatic heterocycles. The minimum atomic E-state index is -0.372.